The van der Waals surface area contributed by atoms with Crippen molar-refractivity contribution in [2.24, 2.45) is 0 Å². The number of hydrogen-bond acceptors (Lipinski definition) is 12. The van der Waals surface area contributed by atoms with Gasteiger partial charge >= 0.3 is 0 Å². The van der Waals surface area contributed by atoms with Crippen molar-refractivity contribution in [3.8, 4) is 17.2 Å². The highest BCUT2D eigenvalue weighted by Crippen LogP contribution is 2.33. The Labute approximate surface area is 295 Å². The average Bonchev–Trinajstić information content (AvgIpc) is 3.13. The van der Waals surface area contributed by atoms with E-state index >= 15 is 0 Å². The van der Waals surface area contributed by atoms with Crippen LogP contribution in [0.4, 0.5) is 0 Å². The Bertz CT molecular complexity index is 1270. The molecule has 0 unspecified atom stereocenters. The Morgan fingerprint density at radius 3 is 1.04 bits per heavy atom. The minimum absolute atomic E-state index is 0.00343. The third-order valence-corrected chi connectivity index (χ3v) is 7.15. The molecule has 0 saturated heterocycles. The summed E-state index contributed by atoms with van der Waals surface area (Å²) in [6.45, 7) is 5.77. The second-order valence-electron chi connectivity index (χ2n) is 10.9. The van der Waals surface area contributed by atoms with Crippen LogP contribution in [-0.2, 0) is 41.3 Å². The number of benzene rings is 3. The van der Waals surface area contributed by atoms with E-state index in [2.05, 4.69) is 12.1 Å². The van der Waals surface area contributed by atoms with Crippen LogP contribution < -0.4 is 14.2 Å². The molecule has 0 radical (unpaired) electrons. The first-order chi connectivity index (χ1) is 24.8. The topological polar surface area (TPSA) is 144 Å². The molecule has 278 valence electrons. The molecule has 12 nitrogen and oxygen atoms in total. The van der Waals surface area contributed by atoms with Crippen molar-refractivity contribution in [3.63, 3.8) is 0 Å². The zero-order valence-electron chi connectivity index (χ0n) is 29.0. The summed E-state index contributed by atoms with van der Waals surface area (Å²) in [4.78, 5) is 0. The second kappa shape index (κ2) is 27.4. The molecule has 0 fully saturated rings. The molecule has 0 heterocycles. The fourth-order valence-corrected chi connectivity index (χ4v) is 4.88. The van der Waals surface area contributed by atoms with E-state index in [9.17, 15) is 0 Å². The molecule has 0 aliphatic heterocycles. The predicted molar refractivity (Wildman–Crippen MR) is 188 cm³/mol. The van der Waals surface area contributed by atoms with E-state index in [0.717, 1.165) is 39.5 Å². The maximum atomic E-state index is 9.11. The molecule has 3 N–H and O–H groups in total. The largest absolute Gasteiger partial charge is 0.491 e. The number of para-hydroxylation sites is 3. The molecule has 50 heavy (non-hydrogen) atoms. The summed E-state index contributed by atoms with van der Waals surface area (Å²) < 4.78 is 51.2. The van der Waals surface area contributed by atoms with E-state index in [1.165, 1.54) is 0 Å². The van der Waals surface area contributed by atoms with Crippen molar-refractivity contribution >= 4 is 0 Å². The summed E-state index contributed by atoms with van der Waals surface area (Å²) in [5, 5.41) is 26.6. The highest BCUT2D eigenvalue weighted by atomic mass is 16.6. The van der Waals surface area contributed by atoms with E-state index in [1.807, 2.05) is 54.6 Å². The summed E-state index contributed by atoms with van der Waals surface area (Å²) in [5.74, 6) is 2.33. The third-order valence-electron chi connectivity index (χ3n) is 7.15. The first kappa shape index (κ1) is 41.1. The van der Waals surface area contributed by atoms with Crippen LogP contribution >= 0.6 is 0 Å². The fourth-order valence-electron chi connectivity index (χ4n) is 4.88. The van der Waals surface area contributed by atoms with Gasteiger partial charge < -0.3 is 58.0 Å². The fraction of sp³-hybridized carbons (Fsp3) is 0.526. The van der Waals surface area contributed by atoms with Gasteiger partial charge in [0.1, 0.15) is 37.1 Å². The second-order valence-corrected chi connectivity index (χ2v) is 10.9. The van der Waals surface area contributed by atoms with Gasteiger partial charge in [0.05, 0.1) is 99.1 Å². The van der Waals surface area contributed by atoms with Gasteiger partial charge in [-0.25, -0.2) is 0 Å². The average molecular weight is 703 g/mol. The first-order valence-corrected chi connectivity index (χ1v) is 17.2. The monoisotopic (exact) mass is 702 g/mol. The number of rotatable bonds is 31. The van der Waals surface area contributed by atoms with Crippen molar-refractivity contribution in [2.45, 2.75) is 12.8 Å². The summed E-state index contributed by atoms with van der Waals surface area (Å²) >= 11 is 0. The van der Waals surface area contributed by atoms with Crippen LogP contribution in [0.3, 0.4) is 0 Å². The van der Waals surface area contributed by atoms with Gasteiger partial charge in [-0.15, -0.1) is 0 Å². The van der Waals surface area contributed by atoms with Gasteiger partial charge in [0.15, 0.2) is 0 Å². The molecule has 0 amide bonds. The molecule has 0 atom stereocenters. The highest BCUT2D eigenvalue weighted by Gasteiger charge is 2.15. The zero-order valence-corrected chi connectivity index (χ0v) is 29.0. The highest BCUT2D eigenvalue weighted by molar-refractivity contribution is 5.49. The zero-order chi connectivity index (χ0) is 35.3. The van der Waals surface area contributed by atoms with Gasteiger partial charge in [0.2, 0.25) is 0 Å². The van der Waals surface area contributed by atoms with Crippen molar-refractivity contribution < 1.29 is 58.0 Å². The Hall–Kier alpha value is -3.30. The molecule has 3 rings (SSSR count). The Kier molecular flexibility index (Phi) is 22.6. The van der Waals surface area contributed by atoms with Gasteiger partial charge in [-0.2, -0.15) is 0 Å². The van der Waals surface area contributed by atoms with Gasteiger partial charge in [0.25, 0.3) is 0 Å². The molecule has 12 heteroatoms. The SMILES string of the molecule is OCCOCCOCCOCCOc1ccccc1Cc1cccc(Cc2ccccc2OCCOCCOCCO)c1OCCOCCO. The lowest BCUT2D eigenvalue weighted by atomic mass is 9.96. The standard InChI is InChI=1S/C38H54O12/c39-12-15-42-18-20-45-22-23-47-25-28-49-37-11-4-2-7-33(37)31-35-9-5-8-34(38(35)50-29-26-44-17-14-41)30-32-6-1-3-10-36(32)48-27-24-46-21-19-43-16-13-40/h1-11,39-41H,12-31H2. The van der Waals surface area contributed by atoms with Crippen molar-refractivity contribution in [1.82, 2.24) is 0 Å². The molecule has 0 spiro atoms. The number of ether oxygens (including phenoxy) is 9. The maximum absolute atomic E-state index is 9.11. The van der Waals surface area contributed by atoms with Gasteiger partial charge in [-0.1, -0.05) is 54.6 Å². The van der Waals surface area contributed by atoms with Gasteiger partial charge in [-0.3, -0.25) is 0 Å². The van der Waals surface area contributed by atoms with Crippen LogP contribution in [0.15, 0.2) is 66.7 Å². The lowest BCUT2D eigenvalue weighted by Gasteiger charge is -2.19. The van der Waals surface area contributed by atoms with Crippen molar-refractivity contribution in [2.75, 3.05) is 119 Å². The van der Waals surface area contributed by atoms with Crippen LogP contribution in [0.1, 0.15) is 22.3 Å². The first-order valence-electron chi connectivity index (χ1n) is 17.2. The summed E-state index contributed by atoms with van der Waals surface area (Å²) in [6, 6.07) is 22.0. The molecule has 0 bridgehead atoms. The predicted octanol–water partition coefficient (Wildman–Crippen LogP) is 3.08. The lowest BCUT2D eigenvalue weighted by molar-refractivity contribution is 0.00358. The Morgan fingerprint density at radius 2 is 0.640 bits per heavy atom. The molecule has 0 aliphatic rings. The molecular weight excluding hydrogens is 648 g/mol. The number of aliphatic hydroxyl groups is 3. The van der Waals surface area contributed by atoms with Crippen molar-refractivity contribution in [1.29, 1.82) is 0 Å². The Balaban J connectivity index is 1.62. The van der Waals surface area contributed by atoms with E-state index in [-0.39, 0.29) is 26.4 Å². The summed E-state index contributed by atoms with van der Waals surface area (Å²) in [5.41, 5.74) is 4.04. The lowest BCUT2D eigenvalue weighted by Crippen LogP contribution is -2.14. The molecular formula is C38H54O12. The molecule has 0 saturated carbocycles. The molecule has 0 aromatic heterocycles. The van der Waals surface area contributed by atoms with Gasteiger partial charge in [0, 0.05) is 12.8 Å². The van der Waals surface area contributed by atoms with Crippen LogP contribution in [0.2, 0.25) is 0 Å². The smallest absolute Gasteiger partial charge is 0.126 e. The van der Waals surface area contributed by atoms with E-state index < -0.39 is 0 Å². The minimum Gasteiger partial charge on any atom is -0.491 e. The van der Waals surface area contributed by atoms with Crippen LogP contribution in [0, 0.1) is 0 Å². The number of aliphatic hydroxyl groups excluding tert-OH is 3. The normalized spacial score (nSPS) is 11.2. The summed E-state index contributed by atoms with van der Waals surface area (Å²) in [6.07, 6.45) is 1.17. The van der Waals surface area contributed by atoms with Gasteiger partial charge in [-0.05, 0) is 34.4 Å². The molecule has 3 aromatic rings. The van der Waals surface area contributed by atoms with Crippen molar-refractivity contribution in [3.05, 3.63) is 89.0 Å². The maximum Gasteiger partial charge on any atom is 0.126 e. The molecule has 3 aromatic carbocycles. The van der Waals surface area contributed by atoms with E-state index in [4.69, 9.17) is 58.0 Å². The quantitative estimate of drug-likeness (QED) is 0.0849. The third kappa shape index (κ3) is 17.1. The Morgan fingerprint density at radius 1 is 0.320 bits per heavy atom. The molecule has 0 aliphatic carbocycles. The number of hydrogen-bond donors (Lipinski definition) is 3. The van der Waals surface area contributed by atoms with E-state index in [0.29, 0.717) is 105 Å². The van der Waals surface area contributed by atoms with Crippen LogP contribution in [0.5, 0.6) is 17.2 Å². The minimum atomic E-state index is -0.0433. The summed E-state index contributed by atoms with van der Waals surface area (Å²) in [7, 11) is 0. The van der Waals surface area contributed by atoms with E-state index in [1.54, 1.807) is 0 Å². The van der Waals surface area contributed by atoms with Crippen LogP contribution in [0.25, 0.3) is 0 Å². The van der Waals surface area contributed by atoms with Crippen LogP contribution in [-0.4, -0.2) is 134 Å².